The lowest BCUT2D eigenvalue weighted by Gasteiger charge is -2.18. The Morgan fingerprint density at radius 1 is 1.44 bits per heavy atom. The standard InChI is InChI=1S/C13H17N3O2/c1-2-7-14-12-6-5-11(10-13(12)16(17)18)15-8-3-4-9-15/h2,5-6,10,14H,1,3-4,7-9H2. The lowest BCUT2D eigenvalue weighted by Crippen LogP contribution is -2.17. The number of anilines is 2. The van der Waals surface area contributed by atoms with Gasteiger partial charge in [-0.2, -0.15) is 0 Å². The van der Waals surface area contributed by atoms with Crippen molar-refractivity contribution >= 4 is 17.1 Å². The summed E-state index contributed by atoms with van der Waals surface area (Å²) in [5.74, 6) is 0. The molecule has 0 amide bonds. The van der Waals surface area contributed by atoms with Gasteiger partial charge in [-0.15, -0.1) is 6.58 Å². The van der Waals surface area contributed by atoms with Crippen molar-refractivity contribution in [1.29, 1.82) is 0 Å². The fourth-order valence-electron chi connectivity index (χ4n) is 2.17. The van der Waals surface area contributed by atoms with Gasteiger partial charge in [-0.3, -0.25) is 10.1 Å². The molecule has 0 radical (unpaired) electrons. The van der Waals surface area contributed by atoms with Crippen LogP contribution in [0.3, 0.4) is 0 Å². The maximum atomic E-state index is 11.1. The van der Waals surface area contributed by atoms with Gasteiger partial charge in [0.2, 0.25) is 0 Å². The van der Waals surface area contributed by atoms with Crippen molar-refractivity contribution in [3.8, 4) is 0 Å². The third kappa shape index (κ3) is 2.61. The fourth-order valence-corrected chi connectivity index (χ4v) is 2.17. The predicted octanol–water partition coefficient (Wildman–Crippen LogP) is 2.79. The molecule has 0 bridgehead atoms. The van der Waals surface area contributed by atoms with E-state index in [-0.39, 0.29) is 10.6 Å². The van der Waals surface area contributed by atoms with Gasteiger partial charge in [0.05, 0.1) is 4.92 Å². The van der Waals surface area contributed by atoms with Crippen molar-refractivity contribution in [3.05, 3.63) is 41.0 Å². The number of nitro benzene ring substituents is 1. The first-order valence-corrected chi connectivity index (χ1v) is 6.10. The maximum Gasteiger partial charge on any atom is 0.294 e. The molecule has 0 aliphatic carbocycles. The minimum absolute atomic E-state index is 0.126. The lowest BCUT2D eigenvalue weighted by molar-refractivity contribution is -0.383. The van der Waals surface area contributed by atoms with Crippen LogP contribution in [0.25, 0.3) is 0 Å². The van der Waals surface area contributed by atoms with Crippen molar-refractivity contribution in [1.82, 2.24) is 0 Å². The minimum Gasteiger partial charge on any atom is -0.376 e. The minimum atomic E-state index is -0.342. The third-order valence-corrected chi connectivity index (χ3v) is 3.09. The van der Waals surface area contributed by atoms with Crippen molar-refractivity contribution in [2.45, 2.75) is 12.8 Å². The number of nitrogens with one attached hydrogen (secondary N) is 1. The van der Waals surface area contributed by atoms with Gasteiger partial charge in [0, 0.05) is 31.4 Å². The van der Waals surface area contributed by atoms with Crippen LogP contribution in [-0.4, -0.2) is 24.6 Å². The highest BCUT2D eigenvalue weighted by molar-refractivity contribution is 5.68. The molecule has 0 saturated carbocycles. The molecule has 5 heteroatoms. The van der Waals surface area contributed by atoms with Gasteiger partial charge in [0.15, 0.2) is 0 Å². The summed E-state index contributed by atoms with van der Waals surface area (Å²) in [7, 11) is 0. The van der Waals surface area contributed by atoms with Crippen molar-refractivity contribution in [3.63, 3.8) is 0 Å². The van der Waals surface area contributed by atoms with E-state index in [1.165, 1.54) is 0 Å². The second-order valence-electron chi connectivity index (χ2n) is 4.32. The van der Waals surface area contributed by atoms with E-state index >= 15 is 0 Å². The van der Waals surface area contributed by atoms with Crippen LogP contribution in [-0.2, 0) is 0 Å². The van der Waals surface area contributed by atoms with Crippen molar-refractivity contribution in [2.75, 3.05) is 29.9 Å². The molecule has 18 heavy (non-hydrogen) atoms. The molecule has 1 saturated heterocycles. The van der Waals surface area contributed by atoms with Crippen molar-refractivity contribution < 1.29 is 4.92 Å². The molecule has 1 aromatic carbocycles. The van der Waals surface area contributed by atoms with Gasteiger partial charge in [0.1, 0.15) is 5.69 Å². The Morgan fingerprint density at radius 3 is 2.78 bits per heavy atom. The van der Waals surface area contributed by atoms with Crippen LogP contribution in [0.2, 0.25) is 0 Å². The highest BCUT2D eigenvalue weighted by atomic mass is 16.6. The first kappa shape index (κ1) is 12.4. The normalized spacial score (nSPS) is 14.6. The van der Waals surface area contributed by atoms with Crippen LogP contribution in [0.1, 0.15) is 12.8 Å². The third-order valence-electron chi connectivity index (χ3n) is 3.09. The molecule has 1 N–H and O–H groups in total. The van der Waals surface area contributed by atoms with E-state index in [9.17, 15) is 10.1 Å². The average molecular weight is 247 g/mol. The number of hydrogen-bond donors (Lipinski definition) is 1. The highest BCUT2D eigenvalue weighted by Gasteiger charge is 2.18. The van der Waals surface area contributed by atoms with Gasteiger partial charge in [-0.1, -0.05) is 6.08 Å². The van der Waals surface area contributed by atoms with E-state index in [0.717, 1.165) is 31.6 Å². The zero-order chi connectivity index (χ0) is 13.0. The van der Waals surface area contributed by atoms with E-state index in [0.29, 0.717) is 12.2 Å². The number of nitrogens with zero attached hydrogens (tertiary/aromatic N) is 2. The number of nitro groups is 1. The van der Waals surface area contributed by atoms with E-state index in [1.807, 2.05) is 6.07 Å². The van der Waals surface area contributed by atoms with E-state index in [2.05, 4.69) is 16.8 Å². The number of hydrogen-bond acceptors (Lipinski definition) is 4. The van der Waals surface area contributed by atoms with Gasteiger partial charge in [0.25, 0.3) is 5.69 Å². The average Bonchev–Trinajstić information content (AvgIpc) is 2.90. The molecule has 0 unspecified atom stereocenters. The zero-order valence-corrected chi connectivity index (χ0v) is 10.3. The van der Waals surface area contributed by atoms with Gasteiger partial charge in [-0.05, 0) is 25.0 Å². The Balaban J connectivity index is 2.27. The smallest absolute Gasteiger partial charge is 0.294 e. The van der Waals surface area contributed by atoms with E-state index < -0.39 is 0 Å². The molecule has 0 atom stereocenters. The van der Waals surface area contributed by atoms with Crippen molar-refractivity contribution in [2.24, 2.45) is 0 Å². The Kier molecular flexibility index (Phi) is 3.82. The van der Waals surface area contributed by atoms with Gasteiger partial charge < -0.3 is 10.2 Å². The molecule has 0 spiro atoms. The van der Waals surface area contributed by atoms with E-state index in [4.69, 9.17) is 0 Å². The summed E-state index contributed by atoms with van der Waals surface area (Å²) < 4.78 is 0. The summed E-state index contributed by atoms with van der Waals surface area (Å²) >= 11 is 0. The largest absolute Gasteiger partial charge is 0.376 e. The highest BCUT2D eigenvalue weighted by Crippen LogP contribution is 2.31. The first-order chi connectivity index (χ1) is 8.72. The summed E-state index contributed by atoms with van der Waals surface area (Å²) in [5.41, 5.74) is 1.60. The summed E-state index contributed by atoms with van der Waals surface area (Å²) in [5, 5.41) is 14.1. The molecule has 5 nitrogen and oxygen atoms in total. The molecular formula is C13H17N3O2. The molecule has 0 aromatic heterocycles. The second kappa shape index (κ2) is 5.53. The number of benzene rings is 1. The Hall–Kier alpha value is -2.04. The summed E-state index contributed by atoms with van der Waals surface area (Å²) in [6, 6.07) is 5.36. The SMILES string of the molecule is C=CCNc1ccc(N2CCCC2)cc1[N+](=O)[O-]. The van der Waals surface area contributed by atoms with Crippen LogP contribution < -0.4 is 10.2 Å². The molecule has 2 rings (SSSR count). The molecule has 1 aliphatic rings. The molecule has 1 heterocycles. The monoisotopic (exact) mass is 247 g/mol. The van der Waals surface area contributed by atoms with Crippen LogP contribution >= 0.6 is 0 Å². The summed E-state index contributed by atoms with van der Waals surface area (Å²) in [6.07, 6.45) is 3.99. The Bertz CT molecular complexity index is 454. The first-order valence-electron chi connectivity index (χ1n) is 6.10. The molecule has 1 aliphatic heterocycles. The molecule has 96 valence electrons. The van der Waals surface area contributed by atoms with Gasteiger partial charge in [-0.25, -0.2) is 0 Å². The Labute approximate surface area is 106 Å². The molecule has 1 fully saturated rings. The molecule has 1 aromatic rings. The topological polar surface area (TPSA) is 58.4 Å². The van der Waals surface area contributed by atoms with Gasteiger partial charge >= 0.3 is 0 Å². The second-order valence-corrected chi connectivity index (χ2v) is 4.32. The van der Waals surface area contributed by atoms with Crippen LogP contribution in [0.4, 0.5) is 17.1 Å². The predicted molar refractivity (Wildman–Crippen MR) is 73.2 cm³/mol. The zero-order valence-electron chi connectivity index (χ0n) is 10.3. The van der Waals surface area contributed by atoms with Crippen LogP contribution in [0, 0.1) is 10.1 Å². The van der Waals surface area contributed by atoms with Crippen LogP contribution in [0.15, 0.2) is 30.9 Å². The fraction of sp³-hybridized carbons (Fsp3) is 0.385. The lowest BCUT2D eigenvalue weighted by atomic mass is 10.2. The molecular weight excluding hydrogens is 230 g/mol. The summed E-state index contributed by atoms with van der Waals surface area (Å²) in [6.45, 7) is 6.07. The summed E-state index contributed by atoms with van der Waals surface area (Å²) in [4.78, 5) is 12.9. The van der Waals surface area contributed by atoms with E-state index in [1.54, 1.807) is 18.2 Å². The quantitative estimate of drug-likeness (QED) is 0.494. The van der Waals surface area contributed by atoms with Crippen LogP contribution in [0.5, 0.6) is 0 Å². The number of rotatable bonds is 5. The maximum absolute atomic E-state index is 11.1. The Morgan fingerprint density at radius 2 is 2.17 bits per heavy atom.